The van der Waals surface area contributed by atoms with Gasteiger partial charge in [0, 0.05) is 29.5 Å². The molecule has 1 aliphatic carbocycles. The van der Waals surface area contributed by atoms with Gasteiger partial charge in [-0.15, -0.1) is 10.2 Å². The second kappa shape index (κ2) is 11.0. The minimum absolute atomic E-state index is 0.236. The molecule has 1 saturated carbocycles. The maximum atomic E-state index is 13.5. The molecule has 3 aromatic carbocycles. The molecule has 1 aliphatic rings. The van der Waals surface area contributed by atoms with Crippen molar-refractivity contribution in [2.75, 3.05) is 0 Å². The summed E-state index contributed by atoms with van der Waals surface area (Å²) in [6.45, 7) is 11.7. The summed E-state index contributed by atoms with van der Waals surface area (Å²) in [6, 6.07) is 20.9. The predicted octanol–water partition coefficient (Wildman–Crippen LogP) is 6.47. The van der Waals surface area contributed by atoms with Gasteiger partial charge in [0.2, 0.25) is 11.8 Å². The van der Waals surface area contributed by atoms with Crippen LogP contribution in [-0.2, 0) is 17.5 Å². The van der Waals surface area contributed by atoms with Crippen molar-refractivity contribution >= 4 is 5.91 Å². The summed E-state index contributed by atoms with van der Waals surface area (Å²) in [5.74, 6) is -0.128. The Morgan fingerprint density at radius 2 is 1.82 bits per heavy atom. The molecule has 0 saturated heterocycles. The summed E-state index contributed by atoms with van der Waals surface area (Å²) in [7, 11) is 0. The van der Waals surface area contributed by atoms with Gasteiger partial charge in [-0.05, 0) is 74.6 Å². The highest BCUT2D eigenvalue weighted by Crippen LogP contribution is 2.44. The van der Waals surface area contributed by atoms with E-state index in [-0.39, 0.29) is 29.5 Å². The Labute approximate surface area is 233 Å². The zero-order valence-corrected chi connectivity index (χ0v) is 22.7. The van der Waals surface area contributed by atoms with E-state index in [0.717, 1.165) is 42.4 Å². The van der Waals surface area contributed by atoms with Crippen molar-refractivity contribution in [3.05, 3.63) is 118 Å². The summed E-state index contributed by atoms with van der Waals surface area (Å²) >= 11 is 0. The van der Waals surface area contributed by atoms with Gasteiger partial charge in [0.25, 0.3) is 11.4 Å². The highest BCUT2D eigenvalue weighted by molar-refractivity contribution is 5.96. The van der Waals surface area contributed by atoms with Crippen molar-refractivity contribution in [3.63, 3.8) is 0 Å². The van der Waals surface area contributed by atoms with E-state index in [4.69, 9.17) is 16.7 Å². The number of aromatic nitrogens is 2. The Morgan fingerprint density at radius 3 is 2.50 bits per heavy atom. The molecule has 0 bridgehead atoms. The average Bonchev–Trinajstić information content (AvgIpc) is 3.65. The summed E-state index contributed by atoms with van der Waals surface area (Å²) < 4.78 is 19.5. The van der Waals surface area contributed by atoms with E-state index in [1.54, 1.807) is 24.3 Å². The van der Waals surface area contributed by atoms with Crippen LogP contribution in [0.2, 0.25) is 0 Å². The van der Waals surface area contributed by atoms with Crippen LogP contribution < -0.4 is 11.1 Å². The third kappa shape index (κ3) is 5.65. The maximum Gasteiger partial charge on any atom is 0.257 e. The molecule has 0 radical (unpaired) electrons. The van der Waals surface area contributed by atoms with Crippen LogP contribution in [0.3, 0.4) is 0 Å². The number of hydrogen-bond donors (Lipinski definition) is 2. The third-order valence-corrected chi connectivity index (χ3v) is 7.67. The number of halogens is 1. The Morgan fingerprint density at radius 1 is 1.12 bits per heavy atom. The average molecular weight is 538 g/mol. The number of nitrogens with two attached hydrogens (primary N) is 1. The molecule has 204 valence electrons. The van der Waals surface area contributed by atoms with Crippen LogP contribution in [0, 0.1) is 12.4 Å². The predicted molar refractivity (Wildman–Crippen MR) is 150 cm³/mol. The number of benzene rings is 3. The summed E-state index contributed by atoms with van der Waals surface area (Å²) in [4.78, 5) is 17.5. The molecular weight excluding hydrogens is 505 g/mol. The molecule has 40 heavy (non-hydrogen) atoms. The standard InChI is InChI=1S/C32H32FN5O2/c1-21(23-11-13-27(33)14-12-23)36-28(39)24-17-25(19-26(18-24)32(35-3)15-7-8-16-32)29-37-38-30(40-29)31(2,34)20-22-9-5-4-6-10-22/h4-6,9-14,17-19,21H,7-8,15-16,20,34H2,1-2H3,(H,36,39)/t21-,31-/m1/s1. The summed E-state index contributed by atoms with van der Waals surface area (Å²) in [5.41, 5.74) is 8.53. The fourth-order valence-corrected chi connectivity index (χ4v) is 5.36. The van der Waals surface area contributed by atoms with Crippen LogP contribution in [-0.4, -0.2) is 16.1 Å². The molecule has 1 fully saturated rings. The van der Waals surface area contributed by atoms with E-state index in [1.165, 1.54) is 12.1 Å². The number of amides is 1. The van der Waals surface area contributed by atoms with E-state index in [0.29, 0.717) is 17.5 Å². The van der Waals surface area contributed by atoms with Gasteiger partial charge in [-0.2, -0.15) is 0 Å². The lowest BCUT2D eigenvalue weighted by Gasteiger charge is -2.20. The van der Waals surface area contributed by atoms with Crippen molar-refractivity contribution in [2.45, 2.75) is 63.1 Å². The van der Waals surface area contributed by atoms with E-state index in [2.05, 4.69) is 20.4 Å². The van der Waals surface area contributed by atoms with E-state index in [1.807, 2.05) is 50.2 Å². The van der Waals surface area contributed by atoms with Crippen LogP contribution >= 0.6 is 0 Å². The van der Waals surface area contributed by atoms with Crippen LogP contribution in [0.4, 0.5) is 4.39 Å². The number of carbonyl (C=O) groups is 1. The fourth-order valence-electron chi connectivity index (χ4n) is 5.36. The minimum atomic E-state index is -0.905. The monoisotopic (exact) mass is 537 g/mol. The lowest BCUT2D eigenvalue weighted by atomic mass is 9.86. The van der Waals surface area contributed by atoms with Gasteiger partial charge in [-0.1, -0.05) is 42.5 Å². The van der Waals surface area contributed by atoms with Crippen LogP contribution in [0.1, 0.15) is 78.5 Å². The highest BCUT2D eigenvalue weighted by atomic mass is 19.1. The number of nitrogens with zero attached hydrogens (tertiary/aromatic N) is 3. The van der Waals surface area contributed by atoms with E-state index < -0.39 is 11.1 Å². The smallest absolute Gasteiger partial charge is 0.257 e. The fraction of sp³-hybridized carbons (Fsp3) is 0.312. The van der Waals surface area contributed by atoms with E-state index >= 15 is 0 Å². The summed E-state index contributed by atoms with van der Waals surface area (Å²) in [5, 5.41) is 11.5. The molecule has 7 nitrogen and oxygen atoms in total. The summed E-state index contributed by atoms with van der Waals surface area (Å²) in [6.07, 6.45) is 3.85. The van der Waals surface area contributed by atoms with Gasteiger partial charge < -0.3 is 20.3 Å². The van der Waals surface area contributed by atoms with Crippen LogP contribution in [0.25, 0.3) is 16.3 Å². The molecule has 4 aromatic rings. The molecule has 0 unspecified atom stereocenters. The van der Waals surface area contributed by atoms with Gasteiger partial charge in [-0.25, -0.2) is 11.0 Å². The zero-order chi connectivity index (χ0) is 28.3. The Hall–Kier alpha value is -4.35. The van der Waals surface area contributed by atoms with Gasteiger partial charge >= 0.3 is 0 Å². The topological polar surface area (TPSA) is 98.4 Å². The van der Waals surface area contributed by atoms with Crippen molar-refractivity contribution < 1.29 is 13.6 Å². The first-order valence-corrected chi connectivity index (χ1v) is 13.5. The first-order chi connectivity index (χ1) is 19.2. The largest absolute Gasteiger partial charge is 0.419 e. The van der Waals surface area contributed by atoms with Crippen LogP contribution in [0.5, 0.6) is 0 Å². The third-order valence-electron chi connectivity index (χ3n) is 7.67. The lowest BCUT2D eigenvalue weighted by Crippen LogP contribution is -2.35. The van der Waals surface area contributed by atoms with Crippen molar-refractivity contribution in [1.29, 1.82) is 0 Å². The molecule has 8 heteroatoms. The molecule has 0 spiro atoms. The van der Waals surface area contributed by atoms with Crippen molar-refractivity contribution in [1.82, 2.24) is 15.5 Å². The molecule has 1 amide bonds. The molecule has 1 aromatic heterocycles. The minimum Gasteiger partial charge on any atom is -0.419 e. The first kappa shape index (κ1) is 27.2. The molecule has 3 N–H and O–H groups in total. The first-order valence-electron chi connectivity index (χ1n) is 13.5. The number of nitrogens with one attached hydrogen (secondary N) is 1. The second-order valence-electron chi connectivity index (χ2n) is 10.9. The number of carbonyl (C=O) groups excluding carboxylic acids is 1. The zero-order valence-electron chi connectivity index (χ0n) is 22.7. The highest BCUT2D eigenvalue weighted by Gasteiger charge is 2.43. The van der Waals surface area contributed by atoms with Gasteiger partial charge in [0.05, 0.1) is 11.6 Å². The Bertz CT molecular complexity index is 1530. The molecule has 0 aliphatic heterocycles. The lowest BCUT2D eigenvalue weighted by molar-refractivity contribution is 0.0939. The molecular formula is C32H32FN5O2. The van der Waals surface area contributed by atoms with E-state index in [9.17, 15) is 9.18 Å². The van der Waals surface area contributed by atoms with Gasteiger partial charge in [0.15, 0.2) is 0 Å². The van der Waals surface area contributed by atoms with Gasteiger partial charge in [0.1, 0.15) is 5.82 Å². The molecule has 2 atom stereocenters. The Kier molecular flexibility index (Phi) is 7.51. The van der Waals surface area contributed by atoms with Crippen molar-refractivity contribution in [3.8, 4) is 11.5 Å². The molecule has 1 heterocycles. The van der Waals surface area contributed by atoms with Crippen molar-refractivity contribution in [2.24, 2.45) is 5.73 Å². The number of hydrogen-bond acceptors (Lipinski definition) is 5. The van der Waals surface area contributed by atoms with Crippen LogP contribution in [0.15, 0.2) is 77.2 Å². The quantitative estimate of drug-likeness (QED) is 0.251. The molecule has 5 rings (SSSR count). The maximum absolute atomic E-state index is 13.5. The second-order valence-corrected chi connectivity index (χ2v) is 10.9. The normalized spacial score (nSPS) is 16.6. The van der Waals surface area contributed by atoms with Gasteiger partial charge in [-0.3, -0.25) is 4.79 Å². The Balaban J connectivity index is 1.48. The SMILES string of the molecule is [C-]#[N+]C1(c2cc(C(=O)N[C@H](C)c3ccc(F)cc3)cc(-c3nnc([C@](C)(N)Cc4ccccc4)o3)c2)CCCC1. The number of rotatable bonds is 8.